The second-order valence-corrected chi connectivity index (χ2v) is 8.56. The van der Waals surface area contributed by atoms with Crippen molar-refractivity contribution in [1.82, 2.24) is 19.7 Å². The van der Waals surface area contributed by atoms with Crippen LogP contribution >= 0.6 is 11.8 Å². The Hall–Kier alpha value is -3.72. The van der Waals surface area contributed by atoms with E-state index in [4.69, 9.17) is 4.74 Å². The lowest BCUT2D eigenvalue weighted by Gasteiger charge is -2.21. The van der Waals surface area contributed by atoms with Crippen molar-refractivity contribution in [2.45, 2.75) is 25.2 Å². The van der Waals surface area contributed by atoms with E-state index >= 15 is 0 Å². The van der Waals surface area contributed by atoms with Gasteiger partial charge in [0, 0.05) is 18.8 Å². The molecule has 0 saturated carbocycles. The number of halogens is 2. The highest BCUT2D eigenvalue weighted by Crippen LogP contribution is 2.24. The molecule has 6 nitrogen and oxygen atoms in total. The molecule has 0 fully saturated rings. The Labute approximate surface area is 206 Å². The summed E-state index contributed by atoms with van der Waals surface area (Å²) < 4.78 is 35.0. The van der Waals surface area contributed by atoms with Crippen molar-refractivity contribution in [3.63, 3.8) is 0 Å². The Balaban J connectivity index is 1.49. The van der Waals surface area contributed by atoms with E-state index in [0.717, 1.165) is 11.3 Å². The lowest BCUT2D eigenvalue weighted by molar-refractivity contribution is -0.128. The molecular formula is C26H24F2N4O2S. The molecule has 0 aliphatic heterocycles. The highest BCUT2D eigenvalue weighted by Gasteiger charge is 2.19. The fourth-order valence-electron chi connectivity index (χ4n) is 3.48. The summed E-state index contributed by atoms with van der Waals surface area (Å²) in [6.45, 7) is 2.69. The Kier molecular flexibility index (Phi) is 8.10. The summed E-state index contributed by atoms with van der Waals surface area (Å²) in [6.07, 6.45) is 0. The van der Waals surface area contributed by atoms with Gasteiger partial charge in [0.15, 0.2) is 22.5 Å². The summed E-state index contributed by atoms with van der Waals surface area (Å²) in [5.74, 6) is -0.175. The van der Waals surface area contributed by atoms with Crippen molar-refractivity contribution in [1.29, 1.82) is 0 Å². The van der Waals surface area contributed by atoms with Gasteiger partial charge in [-0.2, -0.15) is 0 Å². The summed E-state index contributed by atoms with van der Waals surface area (Å²) in [7, 11) is 0. The Morgan fingerprint density at radius 2 is 1.77 bits per heavy atom. The third kappa shape index (κ3) is 6.24. The fourth-order valence-corrected chi connectivity index (χ4v) is 4.35. The van der Waals surface area contributed by atoms with Crippen LogP contribution in [0.1, 0.15) is 18.3 Å². The molecule has 3 aromatic carbocycles. The van der Waals surface area contributed by atoms with E-state index in [9.17, 15) is 13.6 Å². The first-order valence-corrected chi connectivity index (χ1v) is 12.1. The third-order valence-electron chi connectivity index (χ3n) is 5.23. The SMILES string of the molecule is CCN(Cc1cccc(F)c1)C(=O)CSc1nnc(COc2ccccc2F)n1-c1ccccc1. The first-order chi connectivity index (χ1) is 17.0. The maximum absolute atomic E-state index is 14.0. The lowest BCUT2D eigenvalue weighted by Crippen LogP contribution is -2.31. The monoisotopic (exact) mass is 494 g/mol. The molecular weight excluding hydrogens is 470 g/mol. The van der Waals surface area contributed by atoms with Gasteiger partial charge in [-0.05, 0) is 48.9 Å². The quantitative estimate of drug-likeness (QED) is 0.281. The summed E-state index contributed by atoms with van der Waals surface area (Å²) >= 11 is 1.25. The molecule has 0 saturated heterocycles. The van der Waals surface area contributed by atoms with Gasteiger partial charge in [-0.1, -0.05) is 54.2 Å². The predicted octanol–water partition coefficient (Wildman–Crippen LogP) is 5.27. The van der Waals surface area contributed by atoms with Crippen molar-refractivity contribution in [3.8, 4) is 11.4 Å². The van der Waals surface area contributed by atoms with E-state index in [1.165, 1.54) is 30.0 Å². The number of benzene rings is 3. The van der Waals surface area contributed by atoms with E-state index in [-0.39, 0.29) is 29.8 Å². The highest BCUT2D eigenvalue weighted by molar-refractivity contribution is 7.99. The number of para-hydroxylation sites is 2. The lowest BCUT2D eigenvalue weighted by atomic mass is 10.2. The number of ether oxygens (including phenoxy) is 1. The van der Waals surface area contributed by atoms with E-state index in [1.54, 1.807) is 39.8 Å². The number of nitrogens with zero attached hydrogens (tertiary/aromatic N) is 4. The summed E-state index contributed by atoms with van der Waals surface area (Å²) in [6, 6.07) is 21.8. The van der Waals surface area contributed by atoms with E-state index in [0.29, 0.717) is 24.1 Å². The van der Waals surface area contributed by atoms with Crippen LogP contribution < -0.4 is 4.74 Å². The molecule has 4 aromatic rings. The van der Waals surface area contributed by atoms with E-state index in [2.05, 4.69) is 10.2 Å². The fraction of sp³-hybridized carbons (Fsp3) is 0.192. The topological polar surface area (TPSA) is 60.3 Å². The number of rotatable bonds is 10. The summed E-state index contributed by atoms with van der Waals surface area (Å²) in [4.78, 5) is 14.6. The van der Waals surface area contributed by atoms with Crippen molar-refractivity contribution >= 4 is 17.7 Å². The second kappa shape index (κ2) is 11.6. The number of aromatic nitrogens is 3. The van der Waals surface area contributed by atoms with Crippen molar-refractivity contribution in [3.05, 3.63) is 102 Å². The molecule has 180 valence electrons. The molecule has 0 aliphatic rings. The predicted molar refractivity (Wildman–Crippen MR) is 130 cm³/mol. The molecule has 0 atom stereocenters. The van der Waals surface area contributed by atoms with Crippen LogP contribution in [0.25, 0.3) is 5.69 Å². The Bertz CT molecular complexity index is 1280. The van der Waals surface area contributed by atoms with E-state index in [1.807, 2.05) is 37.3 Å². The summed E-state index contributed by atoms with van der Waals surface area (Å²) in [5.41, 5.74) is 1.52. The minimum atomic E-state index is -0.462. The standard InChI is InChI=1S/C26H24F2N4O2S/c1-2-31(16-19-9-8-10-20(27)15-19)25(33)18-35-26-30-29-24(32(26)21-11-4-3-5-12-21)17-34-23-14-7-6-13-22(23)28/h3-15H,2,16-18H2,1H3. The third-order valence-corrected chi connectivity index (χ3v) is 6.14. The van der Waals surface area contributed by atoms with Gasteiger partial charge in [-0.15, -0.1) is 10.2 Å². The first kappa shape index (κ1) is 24.4. The number of carbonyl (C=O) groups is 1. The van der Waals surface area contributed by atoms with Gasteiger partial charge in [0.2, 0.25) is 5.91 Å². The van der Waals surface area contributed by atoms with E-state index < -0.39 is 5.82 Å². The van der Waals surface area contributed by atoms with Crippen molar-refractivity contribution < 1.29 is 18.3 Å². The van der Waals surface area contributed by atoms with Gasteiger partial charge in [-0.25, -0.2) is 8.78 Å². The summed E-state index contributed by atoms with van der Waals surface area (Å²) in [5, 5.41) is 9.01. The van der Waals surface area contributed by atoms with Crippen LogP contribution in [0.15, 0.2) is 84.0 Å². The smallest absolute Gasteiger partial charge is 0.233 e. The first-order valence-electron chi connectivity index (χ1n) is 11.1. The van der Waals surface area contributed by atoms with Crippen LogP contribution in [0.4, 0.5) is 8.78 Å². The van der Waals surface area contributed by atoms with Gasteiger partial charge < -0.3 is 9.64 Å². The maximum Gasteiger partial charge on any atom is 0.233 e. The van der Waals surface area contributed by atoms with Gasteiger partial charge in [0.1, 0.15) is 12.4 Å². The molecule has 0 spiro atoms. The molecule has 1 heterocycles. The van der Waals surface area contributed by atoms with Crippen molar-refractivity contribution in [2.24, 2.45) is 0 Å². The molecule has 1 aromatic heterocycles. The molecule has 0 aliphatic carbocycles. The number of amides is 1. The molecule has 1 amide bonds. The molecule has 9 heteroatoms. The number of hydrogen-bond acceptors (Lipinski definition) is 5. The average Bonchev–Trinajstić information content (AvgIpc) is 3.28. The number of carbonyl (C=O) groups excluding carboxylic acids is 1. The van der Waals surface area contributed by atoms with Crippen molar-refractivity contribution in [2.75, 3.05) is 12.3 Å². The molecule has 35 heavy (non-hydrogen) atoms. The maximum atomic E-state index is 14.0. The molecule has 0 radical (unpaired) electrons. The van der Waals surface area contributed by atoms with Gasteiger partial charge in [-0.3, -0.25) is 9.36 Å². The van der Waals surface area contributed by atoms with Crippen LogP contribution in [0.5, 0.6) is 5.75 Å². The minimum Gasteiger partial charge on any atom is -0.483 e. The molecule has 0 N–H and O–H groups in total. The Morgan fingerprint density at radius 3 is 2.51 bits per heavy atom. The van der Waals surface area contributed by atoms with Crippen LogP contribution in [0.2, 0.25) is 0 Å². The zero-order valence-corrected chi connectivity index (χ0v) is 19.9. The van der Waals surface area contributed by atoms with Gasteiger partial charge in [0.25, 0.3) is 0 Å². The number of thioether (sulfide) groups is 1. The normalized spacial score (nSPS) is 10.8. The second-order valence-electron chi connectivity index (χ2n) is 7.62. The molecule has 0 bridgehead atoms. The Morgan fingerprint density at radius 1 is 1.00 bits per heavy atom. The average molecular weight is 495 g/mol. The number of hydrogen-bond donors (Lipinski definition) is 0. The van der Waals surface area contributed by atoms with Crippen LogP contribution in [0.3, 0.4) is 0 Å². The largest absolute Gasteiger partial charge is 0.483 e. The van der Waals surface area contributed by atoms with Crippen LogP contribution in [-0.4, -0.2) is 37.9 Å². The molecule has 4 rings (SSSR count). The minimum absolute atomic E-state index is 0.00199. The zero-order valence-electron chi connectivity index (χ0n) is 19.1. The van der Waals surface area contributed by atoms with Crippen LogP contribution in [-0.2, 0) is 17.9 Å². The van der Waals surface area contributed by atoms with Gasteiger partial charge in [0.05, 0.1) is 5.75 Å². The molecule has 0 unspecified atom stereocenters. The highest BCUT2D eigenvalue weighted by atomic mass is 32.2. The zero-order chi connectivity index (χ0) is 24.6. The van der Waals surface area contributed by atoms with Gasteiger partial charge >= 0.3 is 0 Å². The van der Waals surface area contributed by atoms with Crippen LogP contribution in [0, 0.1) is 11.6 Å².